The number of rotatable bonds is 4. The van der Waals surface area contributed by atoms with Gasteiger partial charge < -0.3 is 30.1 Å². The minimum Gasteiger partial charge on any atom is -0.479 e. The van der Waals surface area contributed by atoms with Crippen LogP contribution in [-0.4, -0.2) is 87.2 Å². The first-order chi connectivity index (χ1) is 23.3. The summed E-state index contributed by atoms with van der Waals surface area (Å²) in [5.74, 6) is -4.59. The van der Waals surface area contributed by atoms with E-state index in [4.69, 9.17) is 19.4 Å². The van der Waals surface area contributed by atoms with Gasteiger partial charge in [0.2, 0.25) is 24.1 Å². The van der Waals surface area contributed by atoms with Crippen molar-refractivity contribution in [2.24, 2.45) is 11.3 Å². The molecule has 3 amide bonds. The molecule has 0 spiro atoms. The summed E-state index contributed by atoms with van der Waals surface area (Å²) in [7, 11) is 0. The van der Waals surface area contributed by atoms with Crippen molar-refractivity contribution in [3.05, 3.63) is 60.2 Å². The van der Waals surface area contributed by atoms with Crippen LogP contribution in [0.5, 0.6) is 5.88 Å². The van der Waals surface area contributed by atoms with E-state index in [2.05, 4.69) is 10.6 Å². The average molecular weight is 678 g/mol. The third-order valence-electron chi connectivity index (χ3n) is 9.08. The van der Waals surface area contributed by atoms with Gasteiger partial charge in [-0.25, -0.2) is 28.3 Å². The summed E-state index contributed by atoms with van der Waals surface area (Å²) in [6.07, 6.45) is -1.11. The highest BCUT2D eigenvalue weighted by Crippen LogP contribution is 2.48. The van der Waals surface area contributed by atoms with E-state index in [-0.39, 0.29) is 25.5 Å². The lowest BCUT2D eigenvalue weighted by molar-refractivity contribution is -0.147. The van der Waals surface area contributed by atoms with Crippen LogP contribution in [0.25, 0.3) is 28.4 Å². The lowest BCUT2D eigenvalue weighted by Gasteiger charge is -2.35. The molecular weight excluding hydrogens is 640 g/mol. The second-order valence-corrected chi connectivity index (χ2v) is 13.7. The number of nitrogens with zero attached hydrogens (tertiary/aromatic N) is 3. The number of ether oxygens (including phenoxy) is 2. The van der Waals surface area contributed by atoms with Gasteiger partial charge in [0.1, 0.15) is 29.4 Å². The molecule has 3 aliphatic rings. The van der Waals surface area contributed by atoms with Gasteiger partial charge in [-0.05, 0) is 42.0 Å². The van der Waals surface area contributed by atoms with Gasteiger partial charge >= 0.3 is 12.1 Å². The highest BCUT2D eigenvalue weighted by Gasteiger charge is 2.66. The summed E-state index contributed by atoms with van der Waals surface area (Å²) < 4.78 is 39.0. The first-order valence-electron chi connectivity index (χ1n) is 16.0. The molecule has 49 heavy (non-hydrogen) atoms. The fraction of sp³-hybridized carbons (Fsp3) is 0.429. The minimum atomic E-state index is -2.97. The molecule has 258 valence electrons. The molecular formula is C35H37F2N5O7. The molecule has 1 saturated carbocycles. The summed E-state index contributed by atoms with van der Waals surface area (Å²) in [6.45, 7) is 5.05. The number of hydrogen-bond acceptors (Lipinski definition) is 8. The fourth-order valence-electron chi connectivity index (χ4n) is 6.33. The number of aliphatic carboxylic acids is 1. The zero-order valence-corrected chi connectivity index (χ0v) is 27.2. The van der Waals surface area contributed by atoms with Gasteiger partial charge in [0.15, 0.2) is 0 Å². The van der Waals surface area contributed by atoms with E-state index in [9.17, 15) is 33.1 Å². The van der Waals surface area contributed by atoms with Crippen molar-refractivity contribution < 1.29 is 42.5 Å². The zero-order valence-electron chi connectivity index (χ0n) is 27.2. The molecule has 5 atom stereocenters. The Balaban J connectivity index is 1.42. The standard InChI is InChI=1S/C35H37F2N5O7/c1-34(2,3)27-31(44)42-18-21(16-25(42)29(43)41-35(32(45)46)17-22(35)28(36)37)49-30-26(38-23-12-4-5-13-24(23)39-30)20-11-8-10-19(15-20)9-6-7-14-48-33(47)40-27/h4-6,8-13,15,21-22,25,27-28H,7,14,16-18H2,1-3H3,(H,40,47)(H,41,43)(H,45,46)/b9-6+/t21-,22+,25+,27-,35+/m1/s1. The summed E-state index contributed by atoms with van der Waals surface area (Å²) in [5.41, 5.74) is 0.0993. The van der Waals surface area contributed by atoms with Gasteiger partial charge in [-0.15, -0.1) is 0 Å². The van der Waals surface area contributed by atoms with Crippen LogP contribution in [0.15, 0.2) is 54.6 Å². The van der Waals surface area contributed by atoms with E-state index < -0.39 is 71.8 Å². The zero-order chi connectivity index (χ0) is 35.1. The molecule has 4 bridgehead atoms. The largest absolute Gasteiger partial charge is 0.479 e. The molecule has 2 fully saturated rings. The molecule has 14 heteroatoms. The summed E-state index contributed by atoms with van der Waals surface area (Å²) in [6, 6.07) is 12.2. The second-order valence-electron chi connectivity index (χ2n) is 13.7. The number of nitrogens with one attached hydrogen (secondary N) is 2. The Kier molecular flexibility index (Phi) is 8.99. The molecule has 3 aromatic rings. The quantitative estimate of drug-likeness (QED) is 0.363. The third-order valence-corrected chi connectivity index (χ3v) is 9.08. The minimum absolute atomic E-state index is 0.0284. The molecule has 0 unspecified atom stereocenters. The van der Waals surface area contributed by atoms with Crippen molar-refractivity contribution in [2.45, 2.75) is 70.2 Å². The summed E-state index contributed by atoms with van der Waals surface area (Å²) in [4.78, 5) is 63.9. The van der Waals surface area contributed by atoms with E-state index in [1.165, 1.54) is 4.90 Å². The number of halogens is 2. The maximum Gasteiger partial charge on any atom is 0.407 e. The highest BCUT2D eigenvalue weighted by molar-refractivity contribution is 5.96. The number of alkyl halides is 2. The SMILES string of the molecule is CC(C)(C)[C@@H]1NC(=O)OCC/C=C/c2cccc(c2)-c2nc3ccccc3nc2O[C@@H]2C[C@@H](C(=O)N[C@@]3(C(=O)O)C[C@H]3C(F)F)N(C2)C1=O. The van der Waals surface area contributed by atoms with Gasteiger partial charge in [-0.3, -0.25) is 9.59 Å². The highest BCUT2D eigenvalue weighted by atomic mass is 19.3. The maximum atomic E-state index is 14.3. The van der Waals surface area contributed by atoms with Crippen LogP contribution in [0, 0.1) is 11.3 Å². The topological polar surface area (TPSA) is 160 Å². The number of carbonyl (C=O) groups excluding carboxylic acids is 3. The van der Waals surface area contributed by atoms with Gasteiger partial charge in [-0.1, -0.05) is 63.3 Å². The van der Waals surface area contributed by atoms with Crippen LogP contribution in [0.3, 0.4) is 0 Å². The Morgan fingerprint density at radius 3 is 2.51 bits per heavy atom. The van der Waals surface area contributed by atoms with Crippen molar-refractivity contribution in [2.75, 3.05) is 13.2 Å². The van der Waals surface area contributed by atoms with Crippen LogP contribution in [0.2, 0.25) is 0 Å². The molecule has 6 rings (SSSR count). The van der Waals surface area contributed by atoms with Crippen LogP contribution in [0.1, 0.15) is 45.6 Å². The number of fused-ring (bicyclic) bond motifs is 7. The normalized spacial score (nSPS) is 26.4. The van der Waals surface area contributed by atoms with E-state index in [0.29, 0.717) is 28.7 Å². The van der Waals surface area contributed by atoms with Crippen molar-refractivity contribution in [1.29, 1.82) is 0 Å². The van der Waals surface area contributed by atoms with Crippen LogP contribution >= 0.6 is 0 Å². The number of carbonyl (C=O) groups is 4. The molecule has 3 heterocycles. The number of aromatic nitrogens is 2. The molecule has 1 aromatic heterocycles. The first-order valence-corrected chi connectivity index (χ1v) is 16.0. The monoisotopic (exact) mass is 677 g/mol. The number of benzene rings is 2. The molecule has 12 nitrogen and oxygen atoms in total. The number of alkyl carbamates (subject to hydrolysis) is 1. The number of amides is 3. The lowest BCUT2D eigenvalue weighted by Crippen LogP contribution is -2.59. The Bertz CT molecular complexity index is 1830. The lowest BCUT2D eigenvalue weighted by atomic mass is 9.85. The number of carboxylic acid groups (broad SMARTS) is 1. The predicted octanol–water partition coefficient (Wildman–Crippen LogP) is 4.43. The number of cyclic esters (lactones) is 1. The van der Waals surface area contributed by atoms with Crippen LogP contribution < -0.4 is 15.4 Å². The molecule has 2 aliphatic heterocycles. The van der Waals surface area contributed by atoms with Crippen molar-refractivity contribution in [1.82, 2.24) is 25.5 Å². The van der Waals surface area contributed by atoms with Crippen LogP contribution in [-0.2, 0) is 19.1 Å². The van der Waals surface area contributed by atoms with Crippen molar-refractivity contribution in [3.8, 4) is 17.1 Å². The summed E-state index contributed by atoms with van der Waals surface area (Å²) >= 11 is 0. The number of carboxylic acids is 1. The van der Waals surface area contributed by atoms with E-state index in [1.807, 2.05) is 48.6 Å². The average Bonchev–Trinajstić information content (AvgIpc) is 3.65. The fourth-order valence-corrected chi connectivity index (χ4v) is 6.33. The number of hydrogen-bond donors (Lipinski definition) is 3. The second kappa shape index (κ2) is 13.1. The molecule has 1 saturated heterocycles. The summed E-state index contributed by atoms with van der Waals surface area (Å²) in [5, 5.41) is 14.8. The van der Waals surface area contributed by atoms with Crippen molar-refractivity contribution in [3.63, 3.8) is 0 Å². The molecule has 3 N–H and O–H groups in total. The Hall–Kier alpha value is -5.14. The van der Waals surface area contributed by atoms with Crippen LogP contribution in [0.4, 0.5) is 13.6 Å². The predicted molar refractivity (Wildman–Crippen MR) is 174 cm³/mol. The van der Waals surface area contributed by atoms with E-state index in [1.54, 1.807) is 32.9 Å². The van der Waals surface area contributed by atoms with Gasteiger partial charge in [-0.2, -0.15) is 0 Å². The van der Waals surface area contributed by atoms with Gasteiger partial charge in [0.25, 0.3) is 0 Å². The van der Waals surface area contributed by atoms with Gasteiger partial charge in [0.05, 0.1) is 30.1 Å². The third kappa shape index (κ3) is 6.90. The molecule has 0 radical (unpaired) electrons. The van der Waals surface area contributed by atoms with E-state index in [0.717, 1.165) is 5.56 Å². The Morgan fingerprint density at radius 1 is 1.10 bits per heavy atom. The van der Waals surface area contributed by atoms with E-state index >= 15 is 0 Å². The Morgan fingerprint density at radius 2 is 1.84 bits per heavy atom. The first kappa shape index (κ1) is 33.7. The van der Waals surface area contributed by atoms with Gasteiger partial charge in [0, 0.05) is 12.0 Å². The molecule has 1 aliphatic carbocycles. The molecule has 2 aromatic carbocycles. The maximum absolute atomic E-state index is 14.3. The Labute approximate surface area is 280 Å². The number of para-hydroxylation sites is 2. The van der Waals surface area contributed by atoms with Crippen molar-refractivity contribution >= 4 is 41.0 Å². The smallest absolute Gasteiger partial charge is 0.407 e.